The Hall–Kier alpha value is -2.38. The first-order valence-electron chi connectivity index (χ1n) is 9.88. The molecule has 0 amide bonds. The van der Waals surface area contributed by atoms with Crippen LogP contribution in [0.2, 0.25) is 0 Å². The predicted octanol–water partition coefficient (Wildman–Crippen LogP) is 1.91. The molecule has 1 aliphatic carbocycles. The Morgan fingerprint density at radius 3 is 2.68 bits per heavy atom. The SMILES string of the molecule is Cc1c(N2CCCC(C(O)CO)C2)ccc2c(=O)c(C(=O)O)cn(C3CC3)c12. The fraction of sp³-hybridized carbons (Fsp3) is 0.524. The zero-order chi connectivity index (χ0) is 20.0. The minimum atomic E-state index is -1.19. The Labute approximate surface area is 162 Å². The van der Waals surface area contributed by atoms with Crippen LogP contribution in [-0.2, 0) is 0 Å². The number of aliphatic hydroxyl groups excluding tert-OH is 2. The number of aromatic carboxylic acids is 1. The number of piperidine rings is 1. The lowest BCUT2D eigenvalue weighted by atomic mass is 9.92. The lowest BCUT2D eigenvalue weighted by molar-refractivity contribution is 0.0414. The normalized spacial score (nSPS) is 21.1. The average Bonchev–Trinajstić information content (AvgIpc) is 3.53. The summed E-state index contributed by atoms with van der Waals surface area (Å²) in [6.07, 6.45) is 4.53. The van der Waals surface area contributed by atoms with E-state index in [4.69, 9.17) is 0 Å². The number of rotatable bonds is 5. The summed E-state index contributed by atoms with van der Waals surface area (Å²) in [7, 11) is 0. The van der Waals surface area contributed by atoms with Gasteiger partial charge in [0.15, 0.2) is 0 Å². The minimum Gasteiger partial charge on any atom is -0.477 e. The number of aromatic nitrogens is 1. The van der Waals surface area contributed by atoms with Crippen LogP contribution in [-0.4, -0.2) is 51.7 Å². The number of anilines is 1. The van der Waals surface area contributed by atoms with Gasteiger partial charge in [0.1, 0.15) is 5.56 Å². The Bertz CT molecular complexity index is 979. The molecule has 3 N–H and O–H groups in total. The number of hydrogen-bond acceptors (Lipinski definition) is 5. The number of pyridine rings is 1. The van der Waals surface area contributed by atoms with Crippen LogP contribution in [0.25, 0.3) is 10.9 Å². The molecule has 0 spiro atoms. The highest BCUT2D eigenvalue weighted by Crippen LogP contribution is 2.39. The molecule has 150 valence electrons. The molecule has 0 bridgehead atoms. The van der Waals surface area contributed by atoms with Crippen LogP contribution in [0.3, 0.4) is 0 Å². The lowest BCUT2D eigenvalue weighted by Gasteiger charge is -2.37. The maximum atomic E-state index is 12.7. The van der Waals surface area contributed by atoms with E-state index in [9.17, 15) is 24.9 Å². The average molecular weight is 386 g/mol. The summed E-state index contributed by atoms with van der Waals surface area (Å²) >= 11 is 0. The van der Waals surface area contributed by atoms with Crippen molar-refractivity contribution in [3.8, 4) is 0 Å². The topological polar surface area (TPSA) is 103 Å². The molecular formula is C21H26N2O5. The number of aryl methyl sites for hydroxylation is 1. The molecule has 1 saturated carbocycles. The van der Waals surface area contributed by atoms with E-state index >= 15 is 0 Å². The van der Waals surface area contributed by atoms with Gasteiger partial charge in [-0.25, -0.2) is 4.79 Å². The highest BCUT2D eigenvalue weighted by Gasteiger charge is 2.30. The van der Waals surface area contributed by atoms with Crippen molar-refractivity contribution in [2.24, 2.45) is 5.92 Å². The van der Waals surface area contributed by atoms with E-state index in [1.807, 2.05) is 17.6 Å². The Morgan fingerprint density at radius 2 is 2.04 bits per heavy atom. The summed E-state index contributed by atoms with van der Waals surface area (Å²) in [5, 5.41) is 29.2. The number of fused-ring (bicyclic) bond motifs is 1. The highest BCUT2D eigenvalue weighted by atomic mass is 16.4. The van der Waals surface area contributed by atoms with Crippen molar-refractivity contribution >= 4 is 22.6 Å². The number of carboxylic acids is 1. The van der Waals surface area contributed by atoms with Crippen LogP contribution in [0.5, 0.6) is 0 Å². The monoisotopic (exact) mass is 386 g/mol. The van der Waals surface area contributed by atoms with E-state index in [0.29, 0.717) is 11.9 Å². The summed E-state index contributed by atoms with van der Waals surface area (Å²) in [6.45, 7) is 3.23. The van der Waals surface area contributed by atoms with Gasteiger partial charge in [0.05, 0.1) is 18.2 Å². The van der Waals surface area contributed by atoms with Crippen molar-refractivity contribution in [3.63, 3.8) is 0 Å². The lowest BCUT2D eigenvalue weighted by Crippen LogP contribution is -2.41. The molecule has 4 rings (SSSR count). The largest absolute Gasteiger partial charge is 0.477 e. The van der Waals surface area contributed by atoms with E-state index in [-0.39, 0.29) is 24.1 Å². The molecule has 1 aromatic heterocycles. The van der Waals surface area contributed by atoms with Crippen molar-refractivity contribution in [2.75, 3.05) is 24.6 Å². The van der Waals surface area contributed by atoms with Crippen molar-refractivity contribution in [1.29, 1.82) is 0 Å². The third kappa shape index (κ3) is 3.18. The zero-order valence-electron chi connectivity index (χ0n) is 16.0. The van der Waals surface area contributed by atoms with E-state index in [0.717, 1.165) is 49.0 Å². The van der Waals surface area contributed by atoms with Gasteiger partial charge in [-0.15, -0.1) is 0 Å². The minimum absolute atomic E-state index is 0.00820. The molecule has 1 aromatic carbocycles. The molecular weight excluding hydrogens is 360 g/mol. The first-order chi connectivity index (χ1) is 13.4. The van der Waals surface area contributed by atoms with Gasteiger partial charge >= 0.3 is 5.97 Å². The summed E-state index contributed by atoms with van der Waals surface area (Å²) in [5.41, 5.74) is 2.13. The van der Waals surface area contributed by atoms with E-state index in [2.05, 4.69) is 4.90 Å². The van der Waals surface area contributed by atoms with Crippen LogP contribution in [0.15, 0.2) is 23.1 Å². The Balaban J connectivity index is 1.83. The summed E-state index contributed by atoms with van der Waals surface area (Å²) < 4.78 is 1.96. The van der Waals surface area contributed by atoms with Crippen molar-refractivity contribution in [3.05, 3.63) is 39.7 Å². The van der Waals surface area contributed by atoms with Crippen LogP contribution in [0.1, 0.15) is 47.6 Å². The standard InChI is InChI=1S/C21H26N2O5/c1-12-17(22-8-2-3-13(9-22)18(25)11-24)7-6-15-19(12)23(14-4-5-14)10-16(20(15)26)21(27)28/h6-7,10,13-14,18,24-25H,2-5,8-9,11H2,1H3,(H,27,28). The first-order valence-corrected chi connectivity index (χ1v) is 9.88. The maximum Gasteiger partial charge on any atom is 0.341 e. The third-order valence-electron chi connectivity index (χ3n) is 6.12. The molecule has 2 heterocycles. The first kappa shape index (κ1) is 19.0. The molecule has 7 nitrogen and oxygen atoms in total. The van der Waals surface area contributed by atoms with Gasteiger partial charge in [-0.05, 0) is 50.3 Å². The summed E-state index contributed by atoms with van der Waals surface area (Å²) in [5.74, 6) is -1.19. The molecule has 2 aliphatic rings. The van der Waals surface area contributed by atoms with Crippen LogP contribution < -0.4 is 10.3 Å². The molecule has 1 aliphatic heterocycles. The van der Waals surface area contributed by atoms with Gasteiger partial charge in [0.25, 0.3) is 0 Å². The van der Waals surface area contributed by atoms with Crippen molar-refractivity contribution < 1.29 is 20.1 Å². The molecule has 2 fully saturated rings. The van der Waals surface area contributed by atoms with E-state index in [1.54, 1.807) is 6.07 Å². The summed E-state index contributed by atoms with van der Waals surface area (Å²) in [4.78, 5) is 26.4. The maximum absolute atomic E-state index is 12.7. The Kier molecular flexibility index (Phi) is 4.89. The second-order valence-corrected chi connectivity index (χ2v) is 8.02. The van der Waals surface area contributed by atoms with Crippen LogP contribution >= 0.6 is 0 Å². The van der Waals surface area contributed by atoms with Gasteiger partial charge < -0.3 is 24.8 Å². The van der Waals surface area contributed by atoms with Gasteiger partial charge in [0, 0.05) is 42.3 Å². The van der Waals surface area contributed by atoms with Gasteiger partial charge in [-0.1, -0.05) is 0 Å². The fourth-order valence-electron chi connectivity index (χ4n) is 4.44. The molecule has 1 saturated heterocycles. The van der Waals surface area contributed by atoms with E-state index < -0.39 is 17.5 Å². The predicted molar refractivity (Wildman–Crippen MR) is 106 cm³/mol. The molecule has 2 unspecified atom stereocenters. The number of hydrogen-bond donors (Lipinski definition) is 3. The highest BCUT2D eigenvalue weighted by molar-refractivity contribution is 5.95. The quantitative estimate of drug-likeness (QED) is 0.725. The number of carbonyl (C=O) groups is 1. The molecule has 28 heavy (non-hydrogen) atoms. The second-order valence-electron chi connectivity index (χ2n) is 8.02. The molecule has 7 heteroatoms. The number of benzene rings is 1. The zero-order valence-corrected chi connectivity index (χ0v) is 16.0. The van der Waals surface area contributed by atoms with E-state index in [1.165, 1.54) is 6.20 Å². The number of carboxylic acid groups (broad SMARTS) is 1. The van der Waals surface area contributed by atoms with Gasteiger partial charge in [0.2, 0.25) is 5.43 Å². The van der Waals surface area contributed by atoms with Gasteiger partial charge in [-0.3, -0.25) is 4.79 Å². The second kappa shape index (κ2) is 7.22. The van der Waals surface area contributed by atoms with Crippen molar-refractivity contribution in [1.82, 2.24) is 4.57 Å². The third-order valence-corrected chi connectivity index (χ3v) is 6.12. The molecule has 2 atom stereocenters. The number of aliphatic hydroxyl groups is 2. The smallest absolute Gasteiger partial charge is 0.341 e. The van der Waals surface area contributed by atoms with Crippen LogP contribution in [0.4, 0.5) is 5.69 Å². The molecule has 2 aromatic rings. The Morgan fingerprint density at radius 1 is 1.29 bits per heavy atom. The van der Waals surface area contributed by atoms with Crippen LogP contribution in [0, 0.1) is 12.8 Å². The fourth-order valence-corrected chi connectivity index (χ4v) is 4.44. The molecule has 0 radical (unpaired) electrons. The van der Waals surface area contributed by atoms with Gasteiger partial charge in [-0.2, -0.15) is 0 Å². The number of nitrogens with zero attached hydrogens (tertiary/aromatic N) is 2. The summed E-state index contributed by atoms with van der Waals surface area (Å²) in [6, 6.07) is 3.85. The van der Waals surface area contributed by atoms with Crippen molar-refractivity contribution in [2.45, 2.75) is 44.8 Å².